The molecule has 13 nitrogen and oxygen atoms in total. The zero-order valence-corrected chi connectivity index (χ0v) is 22.3. The van der Waals surface area contributed by atoms with Crippen LogP contribution in [-0.4, -0.2) is 99.7 Å². The number of amides is 2. The Morgan fingerprint density at radius 2 is 1.76 bits per heavy atom. The molecule has 13 heteroatoms. The highest BCUT2D eigenvalue weighted by atomic mass is 16.6. The number of hydrogen-bond donors (Lipinski definition) is 6. The summed E-state index contributed by atoms with van der Waals surface area (Å²) in [6.07, 6.45) is -3.78. The van der Waals surface area contributed by atoms with E-state index in [4.69, 9.17) is 31.4 Å². The van der Waals surface area contributed by atoms with Gasteiger partial charge in [-0.05, 0) is 26.2 Å². The molecule has 2 amide bonds. The van der Waals surface area contributed by atoms with Gasteiger partial charge in [0.05, 0.1) is 24.8 Å². The first-order valence-corrected chi connectivity index (χ1v) is 13.0. The first-order chi connectivity index (χ1) is 17.4. The van der Waals surface area contributed by atoms with Gasteiger partial charge in [-0.1, -0.05) is 33.1 Å². The fraction of sp³-hybridized carbons (Fsp3) is 0.875. The van der Waals surface area contributed by atoms with Crippen LogP contribution in [0.5, 0.6) is 0 Å². The number of carbonyl (C=O) groups is 3. The lowest BCUT2D eigenvalue weighted by atomic mass is 9.95. The molecule has 3 unspecified atom stereocenters. The molecule has 216 valence electrons. The number of ether oxygens (including phenoxy) is 3. The predicted octanol–water partition coefficient (Wildman–Crippen LogP) is -1.17. The average molecular weight is 535 g/mol. The van der Waals surface area contributed by atoms with Crippen LogP contribution in [0.15, 0.2) is 0 Å². The van der Waals surface area contributed by atoms with Gasteiger partial charge in [-0.25, -0.2) is 0 Å². The monoisotopic (exact) mass is 534 g/mol. The van der Waals surface area contributed by atoms with E-state index in [1.807, 2.05) is 13.8 Å². The second-order valence-corrected chi connectivity index (χ2v) is 9.53. The maximum Gasteiger partial charge on any atom is 0.307 e. The van der Waals surface area contributed by atoms with Crippen LogP contribution in [0.4, 0.5) is 0 Å². The van der Waals surface area contributed by atoms with Gasteiger partial charge in [-0.2, -0.15) is 0 Å². The zero-order chi connectivity index (χ0) is 28.3. The number of nitrogens with zero attached hydrogens (tertiary/aromatic N) is 1. The molecule has 0 radical (unpaired) electrons. The number of esters is 1. The van der Waals surface area contributed by atoms with E-state index in [2.05, 4.69) is 0 Å². The van der Waals surface area contributed by atoms with Gasteiger partial charge in [-0.3, -0.25) is 20.1 Å². The molecule has 0 saturated carbocycles. The Morgan fingerprint density at radius 1 is 1.11 bits per heavy atom. The minimum absolute atomic E-state index is 0.0767. The van der Waals surface area contributed by atoms with Gasteiger partial charge in [0.25, 0.3) is 0 Å². The van der Waals surface area contributed by atoms with E-state index >= 15 is 0 Å². The summed E-state index contributed by atoms with van der Waals surface area (Å²) >= 11 is 0. The lowest BCUT2D eigenvalue weighted by Crippen LogP contribution is -2.64. The second-order valence-electron chi connectivity index (χ2n) is 9.53. The number of unbranched alkanes of at least 4 members (excludes halogenated alkanes) is 1. The number of rotatable bonds is 16. The summed E-state index contributed by atoms with van der Waals surface area (Å²) in [6.45, 7) is 6.24. The Balaban J connectivity index is 3.16. The minimum Gasteiger partial charge on any atom is -0.447 e. The molecule has 0 aliphatic carbocycles. The van der Waals surface area contributed by atoms with Crippen molar-refractivity contribution in [3.63, 3.8) is 0 Å². The molecular formula is C24H46N4O9. The SMILES string of the molecule is CCCCC(C(C)O[C@@H]1[C@@H](N)[C@@H](O)O[C@H](CO)[C@H]1O)N(C(C)=O)[C@H](CCC(=O)OC(N)CCC)C(N)=O. The standard InChI is InChI=1S/C24H46N4O9/c1-5-7-9-15(13(3)35-22-20(26)24(34)36-17(12-29)21(22)32)28(14(4)30)16(23(27)33)10-11-19(31)37-18(25)8-6-2/h13,15-18,20-22,24,29,32,34H,5-12,25-26H2,1-4H3,(H2,27,33)/t13?,15?,16-,17-,18?,20-,21-,22-,24+/m1/s1. The molecule has 0 spiro atoms. The summed E-state index contributed by atoms with van der Waals surface area (Å²) in [5.41, 5.74) is 17.4. The van der Waals surface area contributed by atoms with E-state index in [-0.39, 0.29) is 12.8 Å². The van der Waals surface area contributed by atoms with Crippen molar-refractivity contribution in [3.8, 4) is 0 Å². The summed E-state index contributed by atoms with van der Waals surface area (Å²) in [6, 6.07) is -2.95. The molecule has 37 heavy (non-hydrogen) atoms. The minimum atomic E-state index is -1.49. The maximum absolute atomic E-state index is 12.8. The molecule has 1 rings (SSSR count). The fourth-order valence-electron chi connectivity index (χ4n) is 4.55. The van der Waals surface area contributed by atoms with Crippen LogP contribution in [0.25, 0.3) is 0 Å². The van der Waals surface area contributed by atoms with Crippen molar-refractivity contribution in [1.82, 2.24) is 4.90 Å². The Labute approximate surface area is 218 Å². The Morgan fingerprint density at radius 3 is 2.27 bits per heavy atom. The smallest absolute Gasteiger partial charge is 0.307 e. The van der Waals surface area contributed by atoms with Gasteiger partial charge >= 0.3 is 5.97 Å². The molecule has 1 aliphatic rings. The van der Waals surface area contributed by atoms with Crippen molar-refractivity contribution in [2.45, 2.75) is 128 Å². The van der Waals surface area contributed by atoms with Gasteiger partial charge in [0, 0.05) is 13.3 Å². The summed E-state index contributed by atoms with van der Waals surface area (Å²) < 4.78 is 16.3. The Kier molecular flexibility index (Phi) is 14.5. The van der Waals surface area contributed by atoms with Crippen molar-refractivity contribution in [3.05, 3.63) is 0 Å². The van der Waals surface area contributed by atoms with E-state index in [1.54, 1.807) is 6.92 Å². The molecule has 1 heterocycles. The van der Waals surface area contributed by atoms with Crippen molar-refractivity contribution in [2.75, 3.05) is 6.61 Å². The molecule has 1 aliphatic heterocycles. The molecular weight excluding hydrogens is 488 g/mol. The van der Waals surface area contributed by atoms with Crippen LogP contribution in [0.2, 0.25) is 0 Å². The summed E-state index contributed by atoms with van der Waals surface area (Å²) in [7, 11) is 0. The van der Waals surface area contributed by atoms with Gasteiger partial charge in [0.15, 0.2) is 12.5 Å². The van der Waals surface area contributed by atoms with E-state index in [1.165, 1.54) is 11.8 Å². The van der Waals surface area contributed by atoms with E-state index in [9.17, 15) is 29.7 Å². The largest absolute Gasteiger partial charge is 0.447 e. The van der Waals surface area contributed by atoms with Crippen molar-refractivity contribution in [2.24, 2.45) is 17.2 Å². The lowest BCUT2D eigenvalue weighted by molar-refractivity contribution is -0.265. The third-order valence-corrected chi connectivity index (χ3v) is 6.55. The molecule has 0 aromatic heterocycles. The Bertz CT molecular complexity index is 728. The van der Waals surface area contributed by atoms with Gasteiger partial charge in [0.1, 0.15) is 24.4 Å². The average Bonchev–Trinajstić information content (AvgIpc) is 2.82. The summed E-state index contributed by atoms with van der Waals surface area (Å²) in [4.78, 5) is 38.9. The van der Waals surface area contributed by atoms with E-state index in [0.29, 0.717) is 19.3 Å². The zero-order valence-electron chi connectivity index (χ0n) is 22.3. The normalized spacial score (nSPS) is 27.1. The highest BCUT2D eigenvalue weighted by Crippen LogP contribution is 2.27. The maximum atomic E-state index is 12.8. The van der Waals surface area contributed by atoms with Crippen molar-refractivity contribution >= 4 is 17.8 Å². The van der Waals surface area contributed by atoms with Crippen LogP contribution >= 0.6 is 0 Å². The number of primary amides is 1. The predicted molar refractivity (Wildman–Crippen MR) is 133 cm³/mol. The van der Waals surface area contributed by atoms with Crippen LogP contribution in [0.1, 0.15) is 72.6 Å². The lowest BCUT2D eigenvalue weighted by Gasteiger charge is -2.45. The number of hydrogen-bond acceptors (Lipinski definition) is 11. The summed E-state index contributed by atoms with van der Waals surface area (Å²) in [5, 5.41) is 30.2. The van der Waals surface area contributed by atoms with Crippen LogP contribution in [0, 0.1) is 0 Å². The third kappa shape index (κ3) is 9.74. The summed E-state index contributed by atoms with van der Waals surface area (Å²) in [5.74, 6) is -1.86. The highest BCUT2D eigenvalue weighted by Gasteiger charge is 2.45. The molecule has 0 aromatic carbocycles. The molecule has 9 atom stereocenters. The molecule has 0 aromatic rings. The van der Waals surface area contributed by atoms with Gasteiger partial charge in [0.2, 0.25) is 11.8 Å². The van der Waals surface area contributed by atoms with Crippen LogP contribution < -0.4 is 17.2 Å². The van der Waals surface area contributed by atoms with Crippen molar-refractivity contribution < 1.29 is 43.9 Å². The van der Waals surface area contributed by atoms with Crippen LogP contribution in [0.3, 0.4) is 0 Å². The molecule has 9 N–H and O–H groups in total. The Hall–Kier alpha value is -1.87. The quantitative estimate of drug-likeness (QED) is 0.102. The van der Waals surface area contributed by atoms with E-state index in [0.717, 1.165) is 12.8 Å². The third-order valence-electron chi connectivity index (χ3n) is 6.55. The first kappa shape index (κ1) is 33.2. The number of carbonyl (C=O) groups excluding carboxylic acids is 3. The fourth-order valence-corrected chi connectivity index (χ4v) is 4.55. The number of aliphatic hydroxyl groups excluding tert-OH is 3. The topological polar surface area (TPSA) is 221 Å². The number of aliphatic hydroxyl groups is 3. The van der Waals surface area contributed by atoms with Gasteiger partial charge in [-0.15, -0.1) is 0 Å². The molecule has 1 fully saturated rings. The van der Waals surface area contributed by atoms with Crippen molar-refractivity contribution in [1.29, 1.82) is 0 Å². The number of nitrogens with two attached hydrogens (primary N) is 3. The molecule has 0 bridgehead atoms. The van der Waals surface area contributed by atoms with Crippen LogP contribution in [-0.2, 0) is 28.6 Å². The van der Waals surface area contributed by atoms with Gasteiger partial charge < -0.3 is 45.9 Å². The second kappa shape index (κ2) is 16.2. The first-order valence-electron chi connectivity index (χ1n) is 13.0. The highest BCUT2D eigenvalue weighted by molar-refractivity contribution is 5.86. The molecule has 1 saturated heterocycles. The van der Waals surface area contributed by atoms with E-state index < -0.39 is 79.4 Å².